The van der Waals surface area contributed by atoms with E-state index in [1.165, 1.54) is 0 Å². The molecule has 2 aromatic carbocycles. The molecular weight excluding hydrogens is 344 g/mol. The Bertz CT molecular complexity index is 984. The van der Waals surface area contributed by atoms with Gasteiger partial charge in [0, 0.05) is 22.3 Å². The smallest absolute Gasteiger partial charge is 0.262 e. The van der Waals surface area contributed by atoms with Gasteiger partial charge in [-0.25, -0.2) is 8.42 Å². The Morgan fingerprint density at radius 1 is 0.917 bits per heavy atom. The Balaban J connectivity index is 0.00000208. The van der Waals surface area contributed by atoms with Crippen molar-refractivity contribution < 1.29 is 8.42 Å². The van der Waals surface area contributed by atoms with Crippen LogP contribution in [0.3, 0.4) is 0 Å². The van der Waals surface area contributed by atoms with Crippen molar-refractivity contribution in [3.63, 3.8) is 0 Å². The molecule has 3 rings (SSSR count). The zero-order valence-electron chi connectivity index (χ0n) is 14.1. The van der Waals surface area contributed by atoms with Crippen molar-refractivity contribution in [2.24, 2.45) is 0 Å². The lowest BCUT2D eigenvalue weighted by atomic mass is 10.1. The third-order valence-electron chi connectivity index (χ3n) is 3.88. The van der Waals surface area contributed by atoms with Crippen LogP contribution in [-0.2, 0) is 10.0 Å². The molecule has 1 heterocycles. The molecule has 0 spiro atoms. The molecule has 6 heteroatoms. The average molecular weight is 365 g/mol. The van der Waals surface area contributed by atoms with Crippen molar-refractivity contribution in [1.29, 1.82) is 0 Å². The molecule has 4 nitrogen and oxygen atoms in total. The topological polar surface area (TPSA) is 62.0 Å². The predicted molar refractivity (Wildman–Crippen MR) is 102 cm³/mol. The van der Waals surface area contributed by atoms with Gasteiger partial charge in [-0.2, -0.15) is 0 Å². The van der Waals surface area contributed by atoms with E-state index in [2.05, 4.69) is 9.71 Å². The van der Waals surface area contributed by atoms with Crippen molar-refractivity contribution >= 4 is 39.0 Å². The number of rotatable bonds is 3. The fourth-order valence-corrected chi connectivity index (χ4v) is 4.64. The van der Waals surface area contributed by atoms with Gasteiger partial charge < -0.3 is 4.98 Å². The highest BCUT2D eigenvalue weighted by molar-refractivity contribution is 7.92. The Kier molecular flexibility index (Phi) is 4.97. The van der Waals surface area contributed by atoms with Gasteiger partial charge in [0.15, 0.2) is 0 Å². The molecule has 0 bridgehead atoms. The normalized spacial score (nSPS) is 11.3. The van der Waals surface area contributed by atoms with Crippen LogP contribution in [0.4, 0.5) is 5.69 Å². The number of fused-ring (bicyclic) bond motifs is 1. The fourth-order valence-electron chi connectivity index (χ4n) is 3.14. The minimum atomic E-state index is -3.61. The molecule has 0 atom stereocenters. The molecule has 2 N–H and O–H groups in total. The SMILES string of the molecule is Cc1cc(C)c(S(=O)(=O)Nc2ccc3[nH]c(C)cc3c2)c(C)c1.Cl. The maximum absolute atomic E-state index is 12.8. The number of hydrogen-bond acceptors (Lipinski definition) is 2. The van der Waals surface area contributed by atoms with Gasteiger partial charge in [-0.1, -0.05) is 17.7 Å². The summed E-state index contributed by atoms with van der Waals surface area (Å²) >= 11 is 0. The van der Waals surface area contributed by atoms with E-state index in [-0.39, 0.29) is 12.4 Å². The zero-order chi connectivity index (χ0) is 16.8. The van der Waals surface area contributed by atoms with Gasteiger partial charge in [0.1, 0.15) is 0 Å². The van der Waals surface area contributed by atoms with Crippen molar-refractivity contribution in [3.8, 4) is 0 Å². The summed E-state index contributed by atoms with van der Waals surface area (Å²) in [5, 5.41) is 0.986. The second-order valence-corrected chi connectivity index (χ2v) is 7.71. The molecule has 0 unspecified atom stereocenters. The van der Waals surface area contributed by atoms with Crippen LogP contribution in [0.15, 0.2) is 41.3 Å². The number of halogens is 1. The van der Waals surface area contributed by atoms with E-state index >= 15 is 0 Å². The second-order valence-electron chi connectivity index (χ2n) is 6.09. The van der Waals surface area contributed by atoms with E-state index in [0.717, 1.165) is 33.3 Å². The standard InChI is InChI=1S/C18H20N2O2S.ClH/c1-11-7-12(2)18(13(3)8-11)23(21,22)20-16-5-6-17-15(10-16)9-14(4)19-17;/h5-10,19-20H,1-4H3;1H. The van der Waals surface area contributed by atoms with E-state index < -0.39 is 10.0 Å². The van der Waals surface area contributed by atoms with Crippen molar-refractivity contribution in [2.45, 2.75) is 32.6 Å². The molecule has 128 valence electrons. The van der Waals surface area contributed by atoms with Crippen molar-refractivity contribution in [3.05, 3.63) is 58.8 Å². The Morgan fingerprint density at radius 3 is 2.17 bits per heavy atom. The summed E-state index contributed by atoms with van der Waals surface area (Å²) in [6, 6.07) is 11.3. The second kappa shape index (κ2) is 6.49. The number of benzene rings is 2. The molecule has 0 fully saturated rings. The van der Waals surface area contributed by atoms with Gasteiger partial charge in [0.05, 0.1) is 4.90 Å². The van der Waals surface area contributed by atoms with Gasteiger partial charge in [0.25, 0.3) is 10.0 Å². The first kappa shape index (κ1) is 18.4. The van der Waals surface area contributed by atoms with Gasteiger partial charge in [-0.15, -0.1) is 12.4 Å². The quantitative estimate of drug-likeness (QED) is 0.712. The van der Waals surface area contributed by atoms with E-state index in [4.69, 9.17) is 0 Å². The van der Waals surface area contributed by atoms with Gasteiger partial charge in [-0.3, -0.25) is 4.72 Å². The van der Waals surface area contributed by atoms with Crippen LogP contribution in [0.25, 0.3) is 10.9 Å². The van der Waals surface area contributed by atoms with Gasteiger partial charge in [-0.05, 0) is 63.1 Å². The molecule has 0 aliphatic carbocycles. The molecule has 0 saturated carbocycles. The summed E-state index contributed by atoms with van der Waals surface area (Å²) < 4.78 is 28.2. The number of aromatic nitrogens is 1. The summed E-state index contributed by atoms with van der Waals surface area (Å²) in [5.74, 6) is 0. The maximum Gasteiger partial charge on any atom is 0.262 e. The van der Waals surface area contributed by atoms with E-state index in [1.807, 2.05) is 58.0 Å². The third kappa shape index (κ3) is 3.42. The number of anilines is 1. The fraction of sp³-hybridized carbons (Fsp3) is 0.222. The minimum absolute atomic E-state index is 0. The number of aryl methyl sites for hydroxylation is 4. The molecule has 0 radical (unpaired) electrons. The highest BCUT2D eigenvalue weighted by Gasteiger charge is 2.20. The summed E-state index contributed by atoms with van der Waals surface area (Å²) in [6.07, 6.45) is 0. The summed E-state index contributed by atoms with van der Waals surface area (Å²) in [7, 11) is -3.61. The molecule has 24 heavy (non-hydrogen) atoms. The summed E-state index contributed by atoms with van der Waals surface area (Å²) in [6.45, 7) is 7.59. The first-order valence-corrected chi connectivity index (χ1v) is 8.94. The van der Waals surface area contributed by atoms with E-state index in [0.29, 0.717) is 10.6 Å². The lowest BCUT2D eigenvalue weighted by Crippen LogP contribution is -2.15. The number of H-pyrrole nitrogens is 1. The van der Waals surface area contributed by atoms with Gasteiger partial charge >= 0.3 is 0 Å². The number of hydrogen-bond donors (Lipinski definition) is 2. The van der Waals surface area contributed by atoms with Crippen LogP contribution >= 0.6 is 12.4 Å². The number of aromatic amines is 1. The maximum atomic E-state index is 12.8. The van der Waals surface area contributed by atoms with Crippen LogP contribution in [-0.4, -0.2) is 13.4 Å². The molecule has 3 aromatic rings. The van der Waals surface area contributed by atoms with Crippen LogP contribution in [0.1, 0.15) is 22.4 Å². The molecule has 0 amide bonds. The first-order chi connectivity index (χ1) is 10.8. The van der Waals surface area contributed by atoms with Gasteiger partial charge in [0.2, 0.25) is 0 Å². The first-order valence-electron chi connectivity index (χ1n) is 7.46. The van der Waals surface area contributed by atoms with Crippen LogP contribution in [0.2, 0.25) is 0 Å². The summed E-state index contributed by atoms with van der Waals surface area (Å²) in [5.41, 5.74) is 5.18. The molecule has 0 saturated heterocycles. The van der Waals surface area contributed by atoms with E-state index in [9.17, 15) is 8.42 Å². The Hall–Kier alpha value is -1.98. The average Bonchev–Trinajstić information content (AvgIpc) is 2.75. The molecule has 0 aliphatic rings. The molecular formula is C18H21ClN2O2S. The monoisotopic (exact) mass is 364 g/mol. The third-order valence-corrected chi connectivity index (χ3v) is 5.57. The minimum Gasteiger partial charge on any atom is -0.359 e. The highest BCUT2D eigenvalue weighted by atomic mass is 35.5. The van der Waals surface area contributed by atoms with Crippen molar-refractivity contribution in [2.75, 3.05) is 4.72 Å². The van der Waals surface area contributed by atoms with Crippen LogP contribution in [0, 0.1) is 27.7 Å². The zero-order valence-corrected chi connectivity index (χ0v) is 15.7. The lowest BCUT2D eigenvalue weighted by molar-refractivity contribution is 0.600. The molecule has 1 aromatic heterocycles. The van der Waals surface area contributed by atoms with Crippen LogP contribution in [0.5, 0.6) is 0 Å². The lowest BCUT2D eigenvalue weighted by Gasteiger charge is -2.14. The predicted octanol–water partition coefficient (Wildman–Crippen LogP) is 4.62. The number of sulfonamides is 1. The van der Waals surface area contributed by atoms with Crippen LogP contribution < -0.4 is 4.72 Å². The van der Waals surface area contributed by atoms with Crippen molar-refractivity contribution in [1.82, 2.24) is 4.98 Å². The summed E-state index contributed by atoms with van der Waals surface area (Å²) in [4.78, 5) is 3.58. The Labute approximate surface area is 148 Å². The largest absolute Gasteiger partial charge is 0.359 e. The number of nitrogens with one attached hydrogen (secondary N) is 2. The molecule has 0 aliphatic heterocycles. The van der Waals surface area contributed by atoms with E-state index in [1.54, 1.807) is 6.07 Å². The Morgan fingerprint density at radius 2 is 1.54 bits per heavy atom. The highest BCUT2D eigenvalue weighted by Crippen LogP contribution is 2.26.